The topological polar surface area (TPSA) is 91.3 Å². The van der Waals surface area contributed by atoms with E-state index in [1.54, 1.807) is 18.2 Å². The van der Waals surface area contributed by atoms with Crippen molar-refractivity contribution in [2.75, 3.05) is 6.79 Å². The highest BCUT2D eigenvalue weighted by atomic mass is 19.1. The second-order valence-corrected chi connectivity index (χ2v) is 7.05. The van der Waals surface area contributed by atoms with Gasteiger partial charge >= 0.3 is 5.97 Å². The summed E-state index contributed by atoms with van der Waals surface area (Å²) in [7, 11) is 0. The lowest BCUT2D eigenvalue weighted by Crippen LogP contribution is -2.20. The van der Waals surface area contributed by atoms with Crippen molar-refractivity contribution in [2.45, 2.75) is 19.6 Å². The van der Waals surface area contributed by atoms with Gasteiger partial charge in [-0.1, -0.05) is 24.3 Å². The lowest BCUT2D eigenvalue weighted by Gasteiger charge is -2.19. The van der Waals surface area contributed by atoms with E-state index in [9.17, 15) is 19.1 Å². The summed E-state index contributed by atoms with van der Waals surface area (Å²) in [4.78, 5) is 23.8. The molecule has 0 spiro atoms. The number of carboxylic acids is 1. The maximum absolute atomic E-state index is 14.2. The molecule has 0 aromatic heterocycles. The Hall–Kier alpha value is -4.07. The van der Waals surface area contributed by atoms with Crippen LogP contribution in [0.4, 0.5) is 4.39 Å². The summed E-state index contributed by atoms with van der Waals surface area (Å²) in [5, 5.41) is 9.61. The normalized spacial score (nSPS) is 12.8. The summed E-state index contributed by atoms with van der Waals surface area (Å²) in [6, 6.07) is 15.3. The van der Waals surface area contributed by atoms with Gasteiger partial charge in [-0.05, 0) is 42.8 Å². The van der Waals surface area contributed by atoms with Crippen LogP contribution in [0.2, 0.25) is 0 Å². The molecule has 4 rings (SSSR count). The Balaban J connectivity index is 1.58. The molecule has 0 aliphatic carbocycles. The van der Waals surface area contributed by atoms with Crippen LogP contribution in [-0.2, 0) is 11.4 Å². The van der Waals surface area contributed by atoms with E-state index in [4.69, 9.17) is 18.9 Å². The fourth-order valence-electron chi connectivity index (χ4n) is 3.24. The van der Waals surface area contributed by atoms with Gasteiger partial charge in [0.15, 0.2) is 17.3 Å². The van der Waals surface area contributed by atoms with E-state index in [0.29, 0.717) is 17.2 Å². The van der Waals surface area contributed by atoms with Crippen molar-refractivity contribution in [3.05, 3.63) is 83.2 Å². The monoisotopic (exact) mass is 438 g/mol. The van der Waals surface area contributed by atoms with E-state index >= 15 is 0 Å². The number of aliphatic carboxylic acids is 1. The fourth-order valence-corrected chi connectivity index (χ4v) is 3.24. The molecule has 164 valence electrons. The Kier molecular flexibility index (Phi) is 5.93. The molecule has 0 saturated carbocycles. The lowest BCUT2D eigenvalue weighted by atomic mass is 10.1. The van der Waals surface area contributed by atoms with Gasteiger partial charge in [0, 0.05) is 11.6 Å². The molecule has 1 N–H and O–H groups in total. The predicted octanol–water partition coefficient (Wildman–Crippen LogP) is 4.54. The number of fused-ring (bicyclic) bond motifs is 1. The quantitative estimate of drug-likeness (QED) is 0.516. The molecule has 32 heavy (non-hydrogen) atoms. The van der Waals surface area contributed by atoms with Gasteiger partial charge in [-0.15, -0.1) is 0 Å². The van der Waals surface area contributed by atoms with Gasteiger partial charge in [0.05, 0.1) is 5.56 Å². The number of carbonyl (C=O) groups is 2. The van der Waals surface area contributed by atoms with E-state index in [2.05, 4.69) is 0 Å². The van der Waals surface area contributed by atoms with Crippen LogP contribution >= 0.6 is 0 Å². The van der Waals surface area contributed by atoms with Gasteiger partial charge in [0.25, 0.3) is 0 Å². The molecule has 3 aromatic rings. The van der Waals surface area contributed by atoms with Crippen molar-refractivity contribution in [1.29, 1.82) is 0 Å². The Bertz CT molecular complexity index is 1170. The van der Waals surface area contributed by atoms with Gasteiger partial charge in [0.2, 0.25) is 12.9 Å². The van der Waals surface area contributed by atoms with Crippen LogP contribution in [0.3, 0.4) is 0 Å². The molecule has 1 atom stereocenters. The molecular formula is C24H19FO7. The van der Waals surface area contributed by atoms with Crippen LogP contribution in [0.15, 0.2) is 60.7 Å². The maximum atomic E-state index is 14.2. The zero-order valence-electron chi connectivity index (χ0n) is 17.0. The number of hydrogen-bond acceptors (Lipinski definition) is 6. The molecular weight excluding hydrogens is 419 g/mol. The molecule has 0 fully saturated rings. The number of hydrogen-bond donors (Lipinski definition) is 1. The number of ketones is 1. The van der Waals surface area contributed by atoms with Crippen molar-refractivity contribution >= 4 is 11.8 Å². The first-order chi connectivity index (χ1) is 15.4. The molecule has 7 nitrogen and oxygen atoms in total. The number of carboxylic acid groups (broad SMARTS) is 1. The number of halogens is 1. The van der Waals surface area contributed by atoms with E-state index in [1.165, 1.54) is 37.3 Å². The van der Waals surface area contributed by atoms with Crippen LogP contribution in [0.5, 0.6) is 23.0 Å². The number of ether oxygens (including phenoxy) is 4. The van der Waals surface area contributed by atoms with Gasteiger partial charge in [-0.25, -0.2) is 9.18 Å². The summed E-state index contributed by atoms with van der Waals surface area (Å²) in [6.07, 6.45) is -1.64. The van der Waals surface area contributed by atoms with Crippen LogP contribution < -0.4 is 18.9 Å². The first-order valence-electron chi connectivity index (χ1n) is 9.72. The third-order valence-electron chi connectivity index (χ3n) is 4.83. The minimum atomic E-state index is -1.64. The van der Waals surface area contributed by atoms with Crippen LogP contribution in [-0.4, -0.2) is 23.7 Å². The standard InChI is InChI=1S/C24H19FO7/c1-14(26)17-8-7-16(29-12-15-6-9-20-22(10-15)31-13-30-20)11-21(17)32-23(24(27)28)18-4-2-3-5-19(18)25/h2-11,23H,12-13H2,1H3,(H,27,28). The highest BCUT2D eigenvalue weighted by Gasteiger charge is 2.27. The summed E-state index contributed by atoms with van der Waals surface area (Å²) >= 11 is 0. The third-order valence-corrected chi connectivity index (χ3v) is 4.83. The Labute approximate surface area is 182 Å². The minimum Gasteiger partial charge on any atom is -0.489 e. The maximum Gasteiger partial charge on any atom is 0.349 e. The Morgan fingerprint density at radius 3 is 2.59 bits per heavy atom. The smallest absolute Gasteiger partial charge is 0.349 e. The van der Waals surface area contributed by atoms with Gasteiger partial charge in [0.1, 0.15) is 23.9 Å². The number of rotatable bonds is 8. The van der Waals surface area contributed by atoms with E-state index < -0.39 is 17.9 Å². The summed E-state index contributed by atoms with van der Waals surface area (Å²) in [5.74, 6) is -0.841. The van der Waals surface area contributed by atoms with Crippen molar-refractivity contribution < 1.29 is 38.0 Å². The Morgan fingerprint density at radius 1 is 1.06 bits per heavy atom. The van der Waals surface area contributed by atoms with Crippen LogP contribution in [0, 0.1) is 5.82 Å². The fraction of sp³-hybridized carbons (Fsp3) is 0.167. The SMILES string of the molecule is CC(=O)c1ccc(OCc2ccc3c(c2)OCO3)cc1OC(C(=O)O)c1ccccc1F. The first-order valence-corrected chi connectivity index (χ1v) is 9.72. The zero-order valence-corrected chi connectivity index (χ0v) is 17.0. The van der Waals surface area contributed by atoms with E-state index in [-0.39, 0.29) is 36.1 Å². The molecule has 1 unspecified atom stereocenters. The van der Waals surface area contributed by atoms with Crippen LogP contribution in [0.1, 0.15) is 34.5 Å². The van der Waals surface area contributed by atoms with Crippen molar-refractivity contribution in [1.82, 2.24) is 0 Å². The zero-order chi connectivity index (χ0) is 22.7. The average molecular weight is 438 g/mol. The molecule has 0 bridgehead atoms. The largest absolute Gasteiger partial charge is 0.489 e. The molecule has 1 aliphatic heterocycles. The molecule has 1 heterocycles. The van der Waals surface area contributed by atoms with Crippen molar-refractivity contribution in [3.63, 3.8) is 0 Å². The van der Waals surface area contributed by atoms with Crippen LogP contribution in [0.25, 0.3) is 0 Å². The molecule has 0 radical (unpaired) electrons. The molecule has 1 aliphatic rings. The first kappa shape index (κ1) is 21.2. The van der Waals surface area contributed by atoms with Crippen molar-refractivity contribution in [2.24, 2.45) is 0 Å². The number of carbonyl (C=O) groups excluding carboxylic acids is 1. The number of Topliss-reactive ketones (excluding diaryl/α,β-unsaturated/α-hetero) is 1. The molecule has 3 aromatic carbocycles. The summed E-state index contributed by atoms with van der Waals surface area (Å²) in [6.45, 7) is 1.68. The van der Waals surface area contributed by atoms with Gasteiger partial charge < -0.3 is 24.1 Å². The number of benzene rings is 3. The second-order valence-electron chi connectivity index (χ2n) is 7.05. The molecule has 0 saturated heterocycles. The highest BCUT2D eigenvalue weighted by Crippen LogP contribution is 2.34. The highest BCUT2D eigenvalue weighted by molar-refractivity contribution is 5.97. The molecule has 8 heteroatoms. The second kappa shape index (κ2) is 8.97. The molecule has 0 amide bonds. The lowest BCUT2D eigenvalue weighted by molar-refractivity contribution is -0.145. The summed E-state index contributed by atoms with van der Waals surface area (Å²) in [5.41, 5.74) is 0.825. The van der Waals surface area contributed by atoms with E-state index in [0.717, 1.165) is 11.6 Å². The van der Waals surface area contributed by atoms with Gasteiger partial charge in [-0.3, -0.25) is 4.79 Å². The Morgan fingerprint density at radius 2 is 1.84 bits per heavy atom. The minimum absolute atomic E-state index is 0.0173. The van der Waals surface area contributed by atoms with Crippen molar-refractivity contribution in [3.8, 4) is 23.0 Å². The van der Waals surface area contributed by atoms with Gasteiger partial charge in [-0.2, -0.15) is 0 Å². The third kappa shape index (κ3) is 4.49. The average Bonchev–Trinajstić information content (AvgIpc) is 3.24. The predicted molar refractivity (Wildman–Crippen MR) is 111 cm³/mol. The van der Waals surface area contributed by atoms with E-state index in [1.807, 2.05) is 6.07 Å². The summed E-state index contributed by atoms with van der Waals surface area (Å²) < 4.78 is 36.2.